The standard InChI is InChI=1S/C13H20FN3/c1-4-10-9-11(7-8-12(10)14)17(6-3)13(15)16-5-2/h7-9H,4-6H2,1-3H3,(H2,15,16). The Morgan fingerprint density at radius 2 is 2.06 bits per heavy atom. The molecule has 0 saturated carbocycles. The second-order valence-electron chi connectivity index (χ2n) is 3.71. The third-order valence-corrected chi connectivity index (χ3v) is 2.63. The summed E-state index contributed by atoms with van der Waals surface area (Å²) in [6, 6.07) is 5.04. The van der Waals surface area contributed by atoms with E-state index in [1.807, 2.05) is 31.7 Å². The van der Waals surface area contributed by atoms with Gasteiger partial charge < -0.3 is 10.6 Å². The second-order valence-corrected chi connectivity index (χ2v) is 3.71. The van der Waals surface area contributed by atoms with E-state index in [2.05, 4.69) is 4.99 Å². The van der Waals surface area contributed by atoms with Crippen molar-refractivity contribution in [2.24, 2.45) is 10.7 Å². The third-order valence-electron chi connectivity index (χ3n) is 2.63. The van der Waals surface area contributed by atoms with Crippen LogP contribution in [0.1, 0.15) is 26.3 Å². The van der Waals surface area contributed by atoms with Gasteiger partial charge in [0.15, 0.2) is 5.96 Å². The van der Waals surface area contributed by atoms with Crippen molar-refractivity contribution in [3.8, 4) is 0 Å². The lowest BCUT2D eigenvalue weighted by molar-refractivity contribution is 0.612. The van der Waals surface area contributed by atoms with E-state index in [9.17, 15) is 4.39 Å². The number of nitrogens with two attached hydrogens (primary N) is 1. The average Bonchev–Trinajstić information content (AvgIpc) is 2.32. The summed E-state index contributed by atoms with van der Waals surface area (Å²) < 4.78 is 13.4. The Morgan fingerprint density at radius 3 is 2.59 bits per heavy atom. The zero-order valence-corrected chi connectivity index (χ0v) is 10.7. The molecule has 17 heavy (non-hydrogen) atoms. The first-order valence-electron chi connectivity index (χ1n) is 5.99. The van der Waals surface area contributed by atoms with E-state index >= 15 is 0 Å². The minimum absolute atomic E-state index is 0.168. The highest BCUT2D eigenvalue weighted by atomic mass is 19.1. The number of anilines is 1. The molecule has 1 aromatic carbocycles. The number of halogens is 1. The van der Waals surface area contributed by atoms with Gasteiger partial charge in [0.05, 0.1) is 0 Å². The zero-order valence-electron chi connectivity index (χ0n) is 10.7. The maximum atomic E-state index is 13.4. The minimum atomic E-state index is -0.168. The summed E-state index contributed by atoms with van der Waals surface area (Å²) in [6.45, 7) is 7.21. The summed E-state index contributed by atoms with van der Waals surface area (Å²) in [6.07, 6.45) is 0.669. The smallest absolute Gasteiger partial charge is 0.195 e. The van der Waals surface area contributed by atoms with Crippen molar-refractivity contribution in [3.63, 3.8) is 0 Å². The van der Waals surface area contributed by atoms with Crippen LogP contribution in [0.4, 0.5) is 10.1 Å². The van der Waals surface area contributed by atoms with Crippen LogP contribution < -0.4 is 10.6 Å². The summed E-state index contributed by atoms with van der Waals surface area (Å²) in [4.78, 5) is 6.05. The highest BCUT2D eigenvalue weighted by Crippen LogP contribution is 2.19. The van der Waals surface area contributed by atoms with E-state index in [0.29, 0.717) is 31.0 Å². The molecule has 94 valence electrons. The predicted octanol–water partition coefficient (Wildman–Crippen LogP) is 2.55. The molecule has 4 heteroatoms. The van der Waals surface area contributed by atoms with Crippen molar-refractivity contribution in [1.29, 1.82) is 0 Å². The van der Waals surface area contributed by atoms with Gasteiger partial charge in [0, 0.05) is 18.8 Å². The zero-order chi connectivity index (χ0) is 12.8. The molecule has 0 spiro atoms. The van der Waals surface area contributed by atoms with Gasteiger partial charge in [-0.15, -0.1) is 0 Å². The van der Waals surface area contributed by atoms with E-state index in [0.717, 1.165) is 5.69 Å². The molecular formula is C13H20FN3. The molecule has 0 unspecified atom stereocenters. The molecule has 0 aromatic heterocycles. The third kappa shape index (κ3) is 3.19. The van der Waals surface area contributed by atoms with Crippen LogP contribution in [0.15, 0.2) is 23.2 Å². The van der Waals surface area contributed by atoms with Gasteiger partial charge in [-0.05, 0) is 44.0 Å². The van der Waals surface area contributed by atoms with Crippen LogP contribution in [0, 0.1) is 5.82 Å². The molecular weight excluding hydrogens is 217 g/mol. The van der Waals surface area contributed by atoms with Gasteiger partial charge in [-0.25, -0.2) is 4.39 Å². The van der Waals surface area contributed by atoms with E-state index in [-0.39, 0.29) is 5.82 Å². The first kappa shape index (κ1) is 13.5. The Bertz CT molecular complexity index is 402. The van der Waals surface area contributed by atoms with Crippen LogP contribution in [-0.2, 0) is 6.42 Å². The Labute approximate surface area is 102 Å². The summed E-state index contributed by atoms with van der Waals surface area (Å²) in [5.41, 5.74) is 7.47. The van der Waals surface area contributed by atoms with Crippen LogP contribution in [0.5, 0.6) is 0 Å². The number of guanidine groups is 1. The van der Waals surface area contributed by atoms with Crippen molar-refractivity contribution in [2.45, 2.75) is 27.2 Å². The first-order valence-corrected chi connectivity index (χ1v) is 5.99. The number of aliphatic imine (C=N–C) groups is 1. The molecule has 0 atom stereocenters. The lowest BCUT2D eigenvalue weighted by atomic mass is 10.1. The molecule has 0 fully saturated rings. The number of benzene rings is 1. The normalized spacial score (nSPS) is 11.6. The maximum Gasteiger partial charge on any atom is 0.195 e. The largest absolute Gasteiger partial charge is 0.370 e. The second kappa shape index (κ2) is 6.23. The molecule has 0 aliphatic heterocycles. The minimum Gasteiger partial charge on any atom is -0.370 e. The molecule has 1 aromatic rings. The summed E-state index contributed by atoms with van der Waals surface area (Å²) in [5.74, 6) is 0.307. The van der Waals surface area contributed by atoms with E-state index in [1.54, 1.807) is 6.07 Å². The Hall–Kier alpha value is -1.58. The molecule has 1 rings (SSSR count). The fraction of sp³-hybridized carbons (Fsp3) is 0.462. The maximum absolute atomic E-state index is 13.4. The van der Waals surface area contributed by atoms with Crippen molar-refractivity contribution >= 4 is 11.6 Å². The molecule has 0 aliphatic carbocycles. The molecule has 0 amide bonds. The lowest BCUT2D eigenvalue weighted by Crippen LogP contribution is -2.37. The van der Waals surface area contributed by atoms with Crippen LogP contribution in [0.2, 0.25) is 0 Å². The van der Waals surface area contributed by atoms with Crippen LogP contribution in [-0.4, -0.2) is 19.0 Å². The number of aryl methyl sites for hydroxylation is 1. The highest BCUT2D eigenvalue weighted by Gasteiger charge is 2.10. The number of hydrogen-bond donors (Lipinski definition) is 1. The van der Waals surface area contributed by atoms with Crippen LogP contribution in [0.3, 0.4) is 0 Å². The number of rotatable bonds is 4. The van der Waals surface area contributed by atoms with E-state index in [1.165, 1.54) is 6.07 Å². The van der Waals surface area contributed by atoms with Gasteiger partial charge in [-0.1, -0.05) is 6.92 Å². The monoisotopic (exact) mass is 237 g/mol. The first-order chi connectivity index (χ1) is 8.13. The van der Waals surface area contributed by atoms with Gasteiger partial charge in [0.25, 0.3) is 0 Å². The van der Waals surface area contributed by atoms with Gasteiger partial charge in [-0.3, -0.25) is 4.99 Å². The molecule has 0 bridgehead atoms. The molecule has 3 nitrogen and oxygen atoms in total. The summed E-state index contributed by atoms with van der Waals surface area (Å²) in [7, 11) is 0. The molecule has 0 aliphatic rings. The van der Waals surface area contributed by atoms with Gasteiger partial charge in [-0.2, -0.15) is 0 Å². The molecule has 0 radical (unpaired) electrons. The van der Waals surface area contributed by atoms with Crippen molar-refractivity contribution in [1.82, 2.24) is 0 Å². The Morgan fingerprint density at radius 1 is 1.35 bits per heavy atom. The predicted molar refractivity (Wildman–Crippen MR) is 71.0 cm³/mol. The lowest BCUT2D eigenvalue weighted by Gasteiger charge is -2.22. The van der Waals surface area contributed by atoms with Crippen LogP contribution >= 0.6 is 0 Å². The number of nitrogens with zero attached hydrogens (tertiary/aromatic N) is 2. The summed E-state index contributed by atoms with van der Waals surface area (Å²) >= 11 is 0. The van der Waals surface area contributed by atoms with Gasteiger partial charge in [0.1, 0.15) is 5.82 Å². The Kier molecular flexibility index (Phi) is 4.94. The SMILES string of the molecule is CCN=C(N)N(CC)c1ccc(F)c(CC)c1. The topological polar surface area (TPSA) is 41.6 Å². The molecule has 0 heterocycles. The van der Waals surface area contributed by atoms with Crippen molar-refractivity contribution < 1.29 is 4.39 Å². The fourth-order valence-corrected chi connectivity index (χ4v) is 1.72. The molecule has 2 N–H and O–H groups in total. The number of hydrogen-bond acceptors (Lipinski definition) is 1. The highest BCUT2D eigenvalue weighted by molar-refractivity contribution is 5.94. The van der Waals surface area contributed by atoms with Gasteiger partial charge in [0.2, 0.25) is 0 Å². The quantitative estimate of drug-likeness (QED) is 0.646. The van der Waals surface area contributed by atoms with Gasteiger partial charge >= 0.3 is 0 Å². The van der Waals surface area contributed by atoms with Crippen LogP contribution in [0.25, 0.3) is 0 Å². The Balaban J connectivity index is 3.08. The molecule has 0 saturated heterocycles. The van der Waals surface area contributed by atoms with E-state index < -0.39 is 0 Å². The summed E-state index contributed by atoms with van der Waals surface area (Å²) in [5, 5.41) is 0. The van der Waals surface area contributed by atoms with E-state index in [4.69, 9.17) is 5.73 Å². The average molecular weight is 237 g/mol. The van der Waals surface area contributed by atoms with Crippen molar-refractivity contribution in [3.05, 3.63) is 29.6 Å². The fourth-order valence-electron chi connectivity index (χ4n) is 1.72. The van der Waals surface area contributed by atoms with Crippen molar-refractivity contribution in [2.75, 3.05) is 18.0 Å².